The molecule has 1 amide bonds. The van der Waals surface area contributed by atoms with Crippen LogP contribution in [0.4, 0.5) is 0 Å². The molecule has 0 aliphatic carbocycles. The molecule has 0 bridgehead atoms. The maximum Gasteiger partial charge on any atom is 0.259 e. The predicted molar refractivity (Wildman–Crippen MR) is 70.7 cm³/mol. The highest BCUT2D eigenvalue weighted by molar-refractivity contribution is 6.43. The van der Waals surface area contributed by atoms with Crippen LogP contribution in [0.2, 0.25) is 10.0 Å². The number of carbonyl (C=O) groups excluding carboxylic acids is 2. The first-order chi connectivity index (χ1) is 8.34. The molecular formula is C12H13Cl2NO3. The van der Waals surface area contributed by atoms with Gasteiger partial charge < -0.3 is 9.64 Å². The van der Waals surface area contributed by atoms with Gasteiger partial charge in [-0.05, 0) is 19.1 Å². The van der Waals surface area contributed by atoms with Gasteiger partial charge in [-0.1, -0.05) is 23.2 Å². The Morgan fingerprint density at radius 3 is 2.39 bits per heavy atom. The van der Waals surface area contributed by atoms with E-state index in [-0.39, 0.29) is 34.1 Å². The zero-order valence-corrected chi connectivity index (χ0v) is 11.8. The summed E-state index contributed by atoms with van der Waals surface area (Å²) in [5, 5.41) is 0.407. The molecule has 1 rings (SSSR count). The smallest absolute Gasteiger partial charge is 0.259 e. The summed E-state index contributed by atoms with van der Waals surface area (Å²) >= 11 is 11.8. The SMILES string of the molecule is CC(=O)c1ccc(Cl)c(Cl)c1OCC(=O)N(C)C. The Bertz CT molecular complexity index is 486. The van der Waals surface area contributed by atoms with Crippen LogP contribution in [0, 0.1) is 0 Å². The number of ether oxygens (including phenoxy) is 1. The zero-order valence-electron chi connectivity index (χ0n) is 10.3. The van der Waals surface area contributed by atoms with Crippen molar-refractivity contribution in [2.24, 2.45) is 0 Å². The summed E-state index contributed by atoms with van der Waals surface area (Å²) in [4.78, 5) is 24.2. The second-order valence-electron chi connectivity index (χ2n) is 3.87. The third kappa shape index (κ3) is 3.37. The normalized spacial score (nSPS) is 10.1. The first-order valence-corrected chi connectivity index (χ1v) is 5.92. The third-order valence-corrected chi connectivity index (χ3v) is 3.06. The molecule has 0 saturated carbocycles. The molecular weight excluding hydrogens is 277 g/mol. The predicted octanol–water partition coefficient (Wildman–Crippen LogP) is 2.66. The van der Waals surface area contributed by atoms with Crippen LogP contribution >= 0.6 is 23.2 Å². The maximum absolute atomic E-state index is 11.4. The van der Waals surface area contributed by atoms with E-state index < -0.39 is 0 Å². The lowest BCUT2D eigenvalue weighted by atomic mass is 10.1. The van der Waals surface area contributed by atoms with E-state index in [1.165, 1.54) is 24.0 Å². The van der Waals surface area contributed by atoms with Crippen molar-refractivity contribution in [1.29, 1.82) is 0 Å². The molecule has 98 valence electrons. The number of nitrogens with zero attached hydrogens (tertiary/aromatic N) is 1. The summed E-state index contributed by atoms with van der Waals surface area (Å²) < 4.78 is 5.30. The van der Waals surface area contributed by atoms with Gasteiger partial charge in [0.1, 0.15) is 5.02 Å². The number of likely N-dealkylation sites (N-methyl/N-ethyl adjacent to an activating group) is 1. The Hall–Kier alpha value is -1.26. The number of benzene rings is 1. The van der Waals surface area contributed by atoms with Crippen molar-refractivity contribution in [3.63, 3.8) is 0 Å². The lowest BCUT2D eigenvalue weighted by Gasteiger charge is -2.14. The van der Waals surface area contributed by atoms with Crippen molar-refractivity contribution in [2.75, 3.05) is 20.7 Å². The molecule has 4 nitrogen and oxygen atoms in total. The molecule has 0 heterocycles. The van der Waals surface area contributed by atoms with E-state index in [0.717, 1.165) is 0 Å². The van der Waals surface area contributed by atoms with Crippen LogP contribution in [0.1, 0.15) is 17.3 Å². The monoisotopic (exact) mass is 289 g/mol. The summed E-state index contributed by atoms with van der Waals surface area (Å²) in [7, 11) is 3.22. The molecule has 0 aliphatic heterocycles. The number of Topliss-reactive ketones (excluding diaryl/α,β-unsaturated/α-hetero) is 1. The van der Waals surface area contributed by atoms with Gasteiger partial charge in [0.15, 0.2) is 18.1 Å². The molecule has 0 N–H and O–H groups in total. The standard InChI is InChI=1S/C12H13Cl2NO3/c1-7(16)8-4-5-9(13)11(14)12(8)18-6-10(17)15(2)3/h4-5H,6H2,1-3H3. The molecule has 6 heteroatoms. The molecule has 1 aromatic carbocycles. The van der Waals surface area contributed by atoms with Gasteiger partial charge in [0.05, 0.1) is 10.6 Å². The van der Waals surface area contributed by atoms with Crippen LogP contribution in [-0.2, 0) is 4.79 Å². The third-order valence-electron chi connectivity index (χ3n) is 2.27. The van der Waals surface area contributed by atoms with Crippen LogP contribution < -0.4 is 4.74 Å². The highest BCUT2D eigenvalue weighted by Gasteiger charge is 2.17. The van der Waals surface area contributed by atoms with E-state index in [1.54, 1.807) is 14.1 Å². The minimum atomic E-state index is -0.236. The first kappa shape index (κ1) is 14.8. The van der Waals surface area contributed by atoms with Crippen LogP contribution in [0.5, 0.6) is 5.75 Å². The van der Waals surface area contributed by atoms with E-state index in [0.29, 0.717) is 5.56 Å². The van der Waals surface area contributed by atoms with Gasteiger partial charge in [0.25, 0.3) is 5.91 Å². The summed E-state index contributed by atoms with van der Waals surface area (Å²) in [6.45, 7) is 1.19. The first-order valence-electron chi connectivity index (χ1n) is 5.16. The number of ketones is 1. The average molecular weight is 290 g/mol. The van der Waals surface area contributed by atoms with Crippen molar-refractivity contribution < 1.29 is 14.3 Å². The second-order valence-corrected chi connectivity index (χ2v) is 4.66. The van der Waals surface area contributed by atoms with Crippen molar-refractivity contribution in [3.05, 3.63) is 27.7 Å². The molecule has 0 aliphatic rings. The van der Waals surface area contributed by atoms with Crippen molar-refractivity contribution in [2.45, 2.75) is 6.92 Å². The second kappa shape index (κ2) is 6.07. The fraction of sp³-hybridized carbons (Fsp3) is 0.333. The maximum atomic E-state index is 11.4. The summed E-state index contributed by atoms with van der Waals surface area (Å²) in [5.41, 5.74) is 0.302. The Labute approximate surface area is 115 Å². The molecule has 0 aromatic heterocycles. The van der Waals surface area contributed by atoms with Gasteiger partial charge in [-0.3, -0.25) is 9.59 Å². The van der Waals surface area contributed by atoms with E-state index in [1.807, 2.05) is 0 Å². The number of hydrogen-bond acceptors (Lipinski definition) is 3. The van der Waals surface area contributed by atoms with Crippen molar-refractivity contribution in [3.8, 4) is 5.75 Å². The largest absolute Gasteiger partial charge is 0.481 e. The van der Waals surface area contributed by atoms with Gasteiger partial charge in [-0.2, -0.15) is 0 Å². The quantitative estimate of drug-likeness (QED) is 0.801. The number of amides is 1. The minimum Gasteiger partial charge on any atom is -0.481 e. The van der Waals surface area contributed by atoms with E-state index >= 15 is 0 Å². The van der Waals surface area contributed by atoms with Crippen molar-refractivity contribution in [1.82, 2.24) is 4.90 Å². The fourth-order valence-corrected chi connectivity index (χ4v) is 1.58. The number of halogens is 2. The number of hydrogen-bond donors (Lipinski definition) is 0. The zero-order chi connectivity index (χ0) is 13.9. The lowest BCUT2D eigenvalue weighted by Crippen LogP contribution is -2.27. The van der Waals surface area contributed by atoms with Crippen molar-refractivity contribution >= 4 is 34.9 Å². The topological polar surface area (TPSA) is 46.6 Å². The van der Waals surface area contributed by atoms with Gasteiger partial charge in [-0.25, -0.2) is 0 Å². The molecule has 0 radical (unpaired) electrons. The summed E-state index contributed by atoms with van der Waals surface area (Å²) in [6.07, 6.45) is 0. The molecule has 1 aromatic rings. The Kier molecular flexibility index (Phi) is 4.99. The number of rotatable bonds is 4. The molecule has 0 saturated heterocycles. The molecule has 18 heavy (non-hydrogen) atoms. The van der Waals surface area contributed by atoms with Gasteiger partial charge in [-0.15, -0.1) is 0 Å². The summed E-state index contributed by atoms with van der Waals surface area (Å²) in [6, 6.07) is 3.03. The Morgan fingerprint density at radius 1 is 1.28 bits per heavy atom. The Morgan fingerprint density at radius 2 is 1.89 bits per heavy atom. The van der Waals surface area contributed by atoms with Crippen LogP contribution in [-0.4, -0.2) is 37.3 Å². The average Bonchev–Trinajstić information content (AvgIpc) is 2.29. The van der Waals surface area contributed by atoms with E-state index in [4.69, 9.17) is 27.9 Å². The summed E-state index contributed by atoms with van der Waals surface area (Å²) in [5.74, 6) is -0.298. The molecule has 0 atom stereocenters. The fourth-order valence-electron chi connectivity index (χ4n) is 1.21. The molecule has 0 unspecified atom stereocenters. The highest BCUT2D eigenvalue weighted by atomic mass is 35.5. The molecule has 0 fully saturated rings. The van der Waals surface area contributed by atoms with Crippen LogP contribution in [0.3, 0.4) is 0 Å². The minimum absolute atomic E-state index is 0.135. The lowest BCUT2D eigenvalue weighted by molar-refractivity contribution is -0.130. The Balaban J connectivity index is 3.03. The van der Waals surface area contributed by atoms with Crippen LogP contribution in [0.25, 0.3) is 0 Å². The van der Waals surface area contributed by atoms with E-state index in [2.05, 4.69) is 0 Å². The van der Waals surface area contributed by atoms with Gasteiger partial charge >= 0.3 is 0 Å². The van der Waals surface area contributed by atoms with Gasteiger partial charge in [0.2, 0.25) is 0 Å². The van der Waals surface area contributed by atoms with Gasteiger partial charge in [0, 0.05) is 14.1 Å². The van der Waals surface area contributed by atoms with Crippen LogP contribution in [0.15, 0.2) is 12.1 Å². The molecule has 0 spiro atoms. The van der Waals surface area contributed by atoms with E-state index in [9.17, 15) is 9.59 Å². The highest BCUT2D eigenvalue weighted by Crippen LogP contribution is 2.35. The number of carbonyl (C=O) groups is 2.